The predicted octanol–water partition coefficient (Wildman–Crippen LogP) is 3.63. The van der Waals surface area contributed by atoms with Crippen LogP contribution >= 0.6 is 0 Å². The van der Waals surface area contributed by atoms with Gasteiger partial charge >= 0.3 is 18.0 Å². The summed E-state index contributed by atoms with van der Waals surface area (Å²) < 4.78 is 0. The van der Waals surface area contributed by atoms with Crippen LogP contribution in [-0.2, 0) is 9.59 Å². The van der Waals surface area contributed by atoms with E-state index in [1.54, 1.807) is 0 Å². The van der Waals surface area contributed by atoms with Crippen LogP contribution in [0.15, 0.2) is 61.7 Å². The molecular weight excluding hydrogens is 452 g/mol. The van der Waals surface area contributed by atoms with Crippen LogP contribution < -0.4 is 0 Å². The molecule has 0 unspecified atom stereocenters. The predicted molar refractivity (Wildman–Crippen MR) is 127 cm³/mol. The van der Waals surface area contributed by atoms with E-state index in [-0.39, 0.29) is 24.0 Å². The average Bonchev–Trinajstić information content (AvgIpc) is 2.85. The third kappa shape index (κ3) is 4.61. The molecule has 0 bridgehead atoms. The van der Waals surface area contributed by atoms with Crippen LogP contribution in [0.2, 0.25) is 0 Å². The second-order valence-electron chi connectivity index (χ2n) is 8.42. The van der Waals surface area contributed by atoms with Gasteiger partial charge < -0.3 is 10.2 Å². The molecule has 3 rings (SSSR count). The van der Waals surface area contributed by atoms with E-state index >= 15 is 0 Å². The zero-order chi connectivity index (χ0) is 26.1. The Balaban J connectivity index is 2.01. The number of barbiturate groups is 1. The van der Waals surface area contributed by atoms with E-state index in [4.69, 9.17) is 10.2 Å². The molecule has 180 valence electrons. The third-order valence-electron chi connectivity index (χ3n) is 6.11. The molecule has 0 atom stereocenters. The number of carbonyl (C=O) groups excluding carboxylic acids is 3. The van der Waals surface area contributed by atoms with E-state index in [1.165, 1.54) is 62.6 Å². The van der Waals surface area contributed by atoms with Crippen LogP contribution in [0.25, 0.3) is 11.1 Å². The lowest BCUT2D eigenvalue weighted by molar-refractivity contribution is -0.156. The van der Waals surface area contributed by atoms with Crippen LogP contribution in [0.1, 0.15) is 44.7 Å². The summed E-state index contributed by atoms with van der Waals surface area (Å²) in [6.07, 6.45) is -0.295. The van der Waals surface area contributed by atoms with Crippen LogP contribution in [0, 0.1) is 5.41 Å². The molecule has 0 radical (unpaired) electrons. The van der Waals surface area contributed by atoms with Crippen molar-refractivity contribution in [3.8, 4) is 0 Å². The molecule has 0 spiro atoms. The molecular formula is C26H24N2O7. The van der Waals surface area contributed by atoms with E-state index in [0.717, 1.165) is 9.80 Å². The van der Waals surface area contributed by atoms with Crippen molar-refractivity contribution in [1.29, 1.82) is 0 Å². The summed E-state index contributed by atoms with van der Waals surface area (Å²) in [7, 11) is 2.58. The number of benzene rings is 2. The van der Waals surface area contributed by atoms with E-state index in [2.05, 4.69) is 13.2 Å². The molecule has 1 heterocycles. The minimum Gasteiger partial charge on any atom is -0.478 e. The first-order valence-electron chi connectivity index (χ1n) is 10.5. The molecule has 2 aromatic carbocycles. The standard InChI is InChI=1S/C26H24N2O7/c1-15(17-5-9-19(10-6-17)21(29)30)13-26(23(33)27(3)25(35)28(4)24(26)34)14-16(2)18-7-11-20(12-8-18)22(31)32/h5-12H,1-2,13-14H2,3-4H3,(H,29,30)(H,31,32). The smallest absolute Gasteiger partial charge is 0.335 e. The fourth-order valence-corrected chi connectivity index (χ4v) is 4.13. The minimum absolute atomic E-state index is 0.0735. The van der Waals surface area contributed by atoms with Crippen molar-refractivity contribution in [2.75, 3.05) is 14.1 Å². The van der Waals surface area contributed by atoms with Crippen LogP contribution in [0.5, 0.6) is 0 Å². The van der Waals surface area contributed by atoms with Crippen molar-refractivity contribution in [3.63, 3.8) is 0 Å². The molecule has 0 aliphatic carbocycles. The largest absolute Gasteiger partial charge is 0.478 e. The highest BCUT2D eigenvalue weighted by Gasteiger charge is 2.55. The summed E-state index contributed by atoms with van der Waals surface area (Å²) in [5.41, 5.74) is 0.279. The van der Waals surface area contributed by atoms with Crippen LogP contribution in [0.4, 0.5) is 4.79 Å². The Morgan fingerprint density at radius 3 is 1.26 bits per heavy atom. The lowest BCUT2D eigenvalue weighted by Crippen LogP contribution is -2.63. The van der Waals surface area contributed by atoms with Crippen molar-refractivity contribution in [2.24, 2.45) is 5.41 Å². The molecule has 2 aromatic rings. The zero-order valence-corrected chi connectivity index (χ0v) is 19.3. The summed E-state index contributed by atoms with van der Waals surface area (Å²) >= 11 is 0. The number of rotatable bonds is 8. The molecule has 35 heavy (non-hydrogen) atoms. The van der Waals surface area contributed by atoms with E-state index in [1.807, 2.05) is 0 Å². The van der Waals surface area contributed by atoms with Crippen molar-refractivity contribution in [3.05, 3.63) is 83.9 Å². The molecule has 1 saturated heterocycles. The van der Waals surface area contributed by atoms with Gasteiger partial charge in [0, 0.05) is 14.1 Å². The normalized spacial score (nSPS) is 15.2. The summed E-state index contributed by atoms with van der Waals surface area (Å²) in [6, 6.07) is 11.0. The number of aromatic carboxylic acids is 2. The topological polar surface area (TPSA) is 132 Å². The summed E-state index contributed by atoms with van der Waals surface area (Å²) in [6.45, 7) is 8.04. The van der Waals surface area contributed by atoms with Crippen LogP contribution in [-0.4, -0.2) is 63.9 Å². The van der Waals surface area contributed by atoms with Gasteiger partial charge in [-0.3, -0.25) is 19.4 Å². The Labute approximate surface area is 201 Å². The van der Waals surface area contributed by atoms with Crippen molar-refractivity contribution in [2.45, 2.75) is 12.8 Å². The van der Waals surface area contributed by atoms with Gasteiger partial charge in [0.15, 0.2) is 0 Å². The minimum atomic E-state index is -1.73. The first-order valence-corrected chi connectivity index (χ1v) is 10.5. The number of hydrogen-bond donors (Lipinski definition) is 2. The Hall–Kier alpha value is -4.53. The second-order valence-corrected chi connectivity index (χ2v) is 8.42. The number of carbonyl (C=O) groups is 5. The third-order valence-corrected chi connectivity index (χ3v) is 6.11. The number of allylic oxidation sites excluding steroid dienone is 2. The maximum atomic E-state index is 13.5. The van der Waals surface area contributed by atoms with Gasteiger partial charge in [0.2, 0.25) is 11.8 Å². The number of amides is 4. The lowest BCUT2D eigenvalue weighted by Gasteiger charge is -2.42. The SMILES string of the molecule is C=C(CC1(CC(=C)c2ccc(C(=O)O)cc2)C(=O)N(C)C(=O)N(C)C1=O)c1ccc(C(=O)O)cc1. The molecule has 9 nitrogen and oxygen atoms in total. The molecule has 2 N–H and O–H groups in total. The molecule has 4 amide bonds. The van der Waals surface area contributed by atoms with Gasteiger partial charge in [0.1, 0.15) is 5.41 Å². The molecule has 1 aliphatic rings. The number of nitrogens with zero attached hydrogens (tertiary/aromatic N) is 2. The van der Waals surface area contributed by atoms with Crippen LogP contribution in [0.3, 0.4) is 0 Å². The highest BCUT2D eigenvalue weighted by Crippen LogP contribution is 2.43. The maximum Gasteiger partial charge on any atom is 0.335 e. The summed E-state index contributed by atoms with van der Waals surface area (Å²) in [5, 5.41) is 18.3. The molecule has 1 aliphatic heterocycles. The van der Waals surface area contributed by atoms with Gasteiger partial charge in [-0.05, 0) is 59.4 Å². The average molecular weight is 476 g/mol. The second kappa shape index (κ2) is 9.38. The van der Waals surface area contributed by atoms with Gasteiger partial charge in [-0.2, -0.15) is 0 Å². The number of imide groups is 2. The van der Waals surface area contributed by atoms with Gasteiger partial charge in [-0.25, -0.2) is 14.4 Å². The summed E-state index contributed by atoms with van der Waals surface area (Å²) in [4.78, 5) is 63.4. The fourth-order valence-electron chi connectivity index (χ4n) is 4.13. The number of carboxylic acids is 2. The fraction of sp³-hybridized carbons (Fsp3) is 0.192. The highest BCUT2D eigenvalue weighted by atomic mass is 16.4. The Morgan fingerprint density at radius 1 is 0.686 bits per heavy atom. The molecule has 0 saturated carbocycles. The van der Waals surface area contributed by atoms with E-state index in [0.29, 0.717) is 22.3 Å². The van der Waals surface area contributed by atoms with Crippen molar-refractivity contribution < 1.29 is 34.2 Å². The first kappa shape index (κ1) is 25.1. The number of hydrogen-bond acceptors (Lipinski definition) is 5. The van der Waals surface area contributed by atoms with Gasteiger partial charge in [0.05, 0.1) is 11.1 Å². The monoisotopic (exact) mass is 476 g/mol. The van der Waals surface area contributed by atoms with E-state index < -0.39 is 35.2 Å². The quantitative estimate of drug-likeness (QED) is 0.556. The number of carboxylic acid groups (broad SMARTS) is 2. The Kier molecular flexibility index (Phi) is 6.72. The highest BCUT2D eigenvalue weighted by molar-refractivity contribution is 6.20. The molecule has 1 fully saturated rings. The van der Waals surface area contributed by atoms with E-state index in [9.17, 15) is 24.0 Å². The Bertz CT molecular complexity index is 1160. The molecule has 9 heteroatoms. The van der Waals surface area contributed by atoms with Gasteiger partial charge in [-0.1, -0.05) is 37.4 Å². The Morgan fingerprint density at radius 2 is 0.971 bits per heavy atom. The van der Waals surface area contributed by atoms with Crippen molar-refractivity contribution in [1.82, 2.24) is 9.80 Å². The van der Waals surface area contributed by atoms with Crippen molar-refractivity contribution >= 4 is 40.9 Å². The van der Waals surface area contributed by atoms with Gasteiger partial charge in [-0.15, -0.1) is 0 Å². The maximum absolute atomic E-state index is 13.5. The summed E-state index contributed by atoms with van der Waals surface area (Å²) in [5.74, 6) is -3.61. The number of urea groups is 1. The lowest BCUT2D eigenvalue weighted by atomic mass is 9.71. The van der Waals surface area contributed by atoms with Gasteiger partial charge in [0.25, 0.3) is 0 Å². The zero-order valence-electron chi connectivity index (χ0n) is 19.3. The molecule has 0 aromatic heterocycles. The first-order chi connectivity index (χ1) is 16.4.